The number of rotatable bonds is 4. The fourth-order valence-electron chi connectivity index (χ4n) is 1.53. The molecule has 0 unspecified atom stereocenters. The number of nitro benzene ring substituents is 1. The Bertz CT molecular complexity index is 583. The molecule has 0 bridgehead atoms. The van der Waals surface area contributed by atoms with E-state index in [0.29, 0.717) is 11.0 Å². The van der Waals surface area contributed by atoms with Gasteiger partial charge in [0.15, 0.2) is 0 Å². The van der Waals surface area contributed by atoms with Crippen molar-refractivity contribution >= 4 is 38.6 Å². The molecule has 0 atom stereocenters. The fourth-order valence-corrected chi connectivity index (χ4v) is 2.77. The summed E-state index contributed by atoms with van der Waals surface area (Å²) in [6.07, 6.45) is 0. The van der Waals surface area contributed by atoms with Crippen molar-refractivity contribution in [1.29, 1.82) is 0 Å². The van der Waals surface area contributed by atoms with Gasteiger partial charge in [-0.15, -0.1) is 11.3 Å². The SMILES string of the molecule is Cc1ccsc1CNc1ccc(Br)c([N+](=O)[O-])c1. The molecule has 18 heavy (non-hydrogen) atoms. The second kappa shape index (κ2) is 5.49. The predicted molar refractivity (Wildman–Crippen MR) is 77.2 cm³/mol. The van der Waals surface area contributed by atoms with Crippen molar-refractivity contribution in [1.82, 2.24) is 0 Å². The smallest absolute Gasteiger partial charge is 0.285 e. The van der Waals surface area contributed by atoms with E-state index in [1.807, 2.05) is 11.4 Å². The number of halogens is 1. The third-order valence-electron chi connectivity index (χ3n) is 2.56. The maximum Gasteiger partial charge on any atom is 0.285 e. The number of aryl methyl sites for hydroxylation is 1. The number of thiophene rings is 1. The average molecular weight is 327 g/mol. The normalized spacial score (nSPS) is 10.3. The van der Waals surface area contributed by atoms with Crippen LogP contribution in [0.5, 0.6) is 0 Å². The number of hydrogen-bond acceptors (Lipinski definition) is 4. The lowest BCUT2D eigenvalue weighted by Crippen LogP contribution is -1.99. The second-order valence-electron chi connectivity index (χ2n) is 3.80. The Hall–Kier alpha value is -1.40. The van der Waals surface area contributed by atoms with Gasteiger partial charge in [-0.1, -0.05) is 0 Å². The van der Waals surface area contributed by atoms with Crippen molar-refractivity contribution in [3.05, 3.63) is 54.7 Å². The standard InChI is InChI=1S/C12H11BrN2O2S/c1-8-4-5-18-12(8)7-14-9-2-3-10(13)11(6-9)15(16)17/h2-6,14H,7H2,1H3. The molecule has 0 saturated carbocycles. The zero-order valence-corrected chi connectivity index (χ0v) is 12.0. The predicted octanol–water partition coefficient (Wildman–Crippen LogP) is 4.34. The van der Waals surface area contributed by atoms with E-state index < -0.39 is 4.92 Å². The van der Waals surface area contributed by atoms with Gasteiger partial charge in [-0.2, -0.15) is 0 Å². The number of nitrogens with zero attached hydrogens (tertiary/aromatic N) is 1. The van der Waals surface area contributed by atoms with Gasteiger partial charge in [0.05, 0.1) is 9.40 Å². The molecule has 1 heterocycles. The lowest BCUT2D eigenvalue weighted by atomic mass is 10.2. The van der Waals surface area contributed by atoms with E-state index in [2.05, 4.69) is 34.2 Å². The Morgan fingerprint density at radius 2 is 2.22 bits per heavy atom. The highest BCUT2D eigenvalue weighted by Gasteiger charge is 2.12. The van der Waals surface area contributed by atoms with Crippen molar-refractivity contribution in [3.8, 4) is 0 Å². The van der Waals surface area contributed by atoms with Crippen LogP contribution in [0.15, 0.2) is 34.1 Å². The van der Waals surface area contributed by atoms with E-state index in [9.17, 15) is 10.1 Å². The lowest BCUT2D eigenvalue weighted by molar-refractivity contribution is -0.385. The van der Waals surface area contributed by atoms with Gasteiger partial charge >= 0.3 is 0 Å². The number of nitro groups is 1. The average Bonchev–Trinajstić information content (AvgIpc) is 2.73. The van der Waals surface area contributed by atoms with E-state index in [1.54, 1.807) is 17.4 Å². The van der Waals surface area contributed by atoms with Gasteiger partial charge in [0.1, 0.15) is 0 Å². The first kappa shape index (κ1) is 13.0. The molecule has 0 radical (unpaired) electrons. The molecule has 4 nitrogen and oxygen atoms in total. The zero-order chi connectivity index (χ0) is 13.1. The minimum Gasteiger partial charge on any atom is -0.380 e. The summed E-state index contributed by atoms with van der Waals surface area (Å²) < 4.78 is 0.491. The molecule has 0 fully saturated rings. The summed E-state index contributed by atoms with van der Waals surface area (Å²) >= 11 is 4.84. The van der Waals surface area contributed by atoms with Crippen LogP contribution in [-0.2, 0) is 6.54 Å². The van der Waals surface area contributed by atoms with Gasteiger partial charge in [0.25, 0.3) is 5.69 Å². The molecule has 0 aliphatic heterocycles. The van der Waals surface area contributed by atoms with Crippen LogP contribution in [0.2, 0.25) is 0 Å². The van der Waals surface area contributed by atoms with E-state index in [4.69, 9.17) is 0 Å². The summed E-state index contributed by atoms with van der Waals surface area (Å²) in [4.78, 5) is 11.7. The minimum absolute atomic E-state index is 0.0721. The summed E-state index contributed by atoms with van der Waals surface area (Å²) in [5, 5.41) is 16.0. The van der Waals surface area contributed by atoms with Gasteiger partial charge in [-0.05, 0) is 52.0 Å². The van der Waals surface area contributed by atoms with E-state index in [-0.39, 0.29) is 5.69 Å². The maximum absolute atomic E-state index is 10.8. The molecule has 94 valence electrons. The van der Waals surface area contributed by atoms with Gasteiger partial charge in [-0.3, -0.25) is 10.1 Å². The topological polar surface area (TPSA) is 55.2 Å². The number of hydrogen-bond donors (Lipinski definition) is 1. The maximum atomic E-state index is 10.8. The quantitative estimate of drug-likeness (QED) is 0.671. The lowest BCUT2D eigenvalue weighted by Gasteiger charge is -2.06. The van der Waals surface area contributed by atoms with E-state index >= 15 is 0 Å². The monoisotopic (exact) mass is 326 g/mol. The molecule has 1 aromatic heterocycles. The molecule has 6 heteroatoms. The van der Waals surface area contributed by atoms with Crippen molar-refractivity contribution in [3.63, 3.8) is 0 Å². The number of benzene rings is 1. The third kappa shape index (κ3) is 2.88. The van der Waals surface area contributed by atoms with Crippen molar-refractivity contribution in [2.24, 2.45) is 0 Å². The first-order chi connectivity index (χ1) is 8.58. The first-order valence-electron chi connectivity index (χ1n) is 5.28. The van der Waals surface area contributed by atoms with E-state index in [1.165, 1.54) is 16.5 Å². The van der Waals surface area contributed by atoms with Crippen LogP contribution < -0.4 is 5.32 Å². The highest BCUT2D eigenvalue weighted by molar-refractivity contribution is 9.10. The molecule has 0 saturated heterocycles. The Labute approximate surface area is 117 Å². The summed E-state index contributed by atoms with van der Waals surface area (Å²) in [5.74, 6) is 0. The van der Waals surface area contributed by atoms with Gasteiger partial charge in [0.2, 0.25) is 0 Å². The summed E-state index contributed by atoms with van der Waals surface area (Å²) in [6.45, 7) is 2.74. The molecule has 2 aromatic rings. The van der Waals surface area contributed by atoms with Crippen LogP contribution in [0.25, 0.3) is 0 Å². The fraction of sp³-hybridized carbons (Fsp3) is 0.167. The first-order valence-corrected chi connectivity index (χ1v) is 6.96. The van der Waals surface area contributed by atoms with Crippen LogP contribution in [0, 0.1) is 17.0 Å². The zero-order valence-electron chi connectivity index (χ0n) is 9.64. The molecule has 0 aliphatic carbocycles. The largest absolute Gasteiger partial charge is 0.380 e. The Balaban J connectivity index is 2.13. The molecule has 0 amide bonds. The highest BCUT2D eigenvalue weighted by atomic mass is 79.9. The Kier molecular flexibility index (Phi) is 3.98. The van der Waals surface area contributed by atoms with Crippen molar-refractivity contribution < 1.29 is 4.92 Å². The summed E-state index contributed by atoms with van der Waals surface area (Å²) in [7, 11) is 0. The molecular weight excluding hydrogens is 316 g/mol. The minimum atomic E-state index is -0.397. The van der Waals surface area contributed by atoms with Crippen LogP contribution in [0.4, 0.5) is 11.4 Å². The van der Waals surface area contributed by atoms with Crippen LogP contribution in [-0.4, -0.2) is 4.92 Å². The molecule has 0 aliphatic rings. The van der Waals surface area contributed by atoms with Crippen LogP contribution in [0.3, 0.4) is 0 Å². The van der Waals surface area contributed by atoms with Gasteiger partial charge in [-0.25, -0.2) is 0 Å². The second-order valence-corrected chi connectivity index (χ2v) is 5.66. The van der Waals surface area contributed by atoms with Gasteiger partial charge < -0.3 is 5.32 Å². The molecule has 1 aromatic carbocycles. The molecule has 2 rings (SSSR count). The Morgan fingerprint density at radius 3 is 2.83 bits per heavy atom. The van der Waals surface area contributed by atoms with Gasteiger partial charge in [0, 0.05) is 23.2 Å². The highest BCUT2D eigenvalue weighted by Crippen LogP contribution is 2.28. The third-order valence-corrected chi connectivity index (χ3v) is 4.26. The summed E-state index contributed by atoms with van der Waals surface area (Å²) in [6, 6.07) is 7.10. The number of nitrogens with one attached hydrogen (secondary N) is 1. The molecule has 0 spiro atoms. The van der Waals surface area contributed by atoms with Crippen LogP contribution >= 0.6 is 27.3 Å². The van der Waals surface area contributed by atoms with Crippen molar-refractivity contribution in [2.45, 2.75) is 13.5 Å². The van der Waals surface area contributed by atoms with Crippen LogP contribution in [0.1, 0.15) is 10.4 Å². The molecule has 1 N–H and O–H groups in total. The summed E-state index contributed by atoms with van der Waals surface area (Å²) in [5.41, 5.74) is 2.06. The number of anilines is 1. The molecular formula is C12H11BrN2O2S. The van der Waals surface area contributed by atoms with Crippen molar-refractivity contribution in [2.75, 3.05) is 5.32 Å². The van der Waals surface area contributed by atoms with E-state index in [0.717, 1.165) is 5.69 Å². The Morgan fingerprint density at radius 1 is 1.44 bits per heavy atom.